The van der Waals surface area contributed by atoms with Crippen molar-refractivity contribution in [1.82, 2.24) is 0 Å². The molecular weight excluding hydrogens is 310 g/mol. The predicted octanol–water partition coefficient (Wildman–Crippen LogP) is 0.481. The lowest BCUT2D eigenvalue weighted by Crippen LogP contribution is -2.40. The smallest absolute Gasteiger partial charge is 0.359 e. The molecule has 7 atom stereocenters. The quantitative estimate of drug-likeness (QED) is 0.395. The van der Waals surface area contributed by atoms with Gasteiger partial charge in [0.25, 0.3) is 0 Å². The Labute approximate surface area is 132 Å². The number of hydrogen-bond donors (Lipinski definition) is 4. The topological polar surface area (TPSA) is 116 Å². The molecule has 1 heterocycles. The second-order valence-corrected chi connectivity index (χ2v) is 8.50. The van der Waals surface area contributed by atoms with Gasteiger partial charge in [0.05, 0.1) is 17.8 Å². The van der Waals surface area contributed by atoms with Crippen LogP contribution in [0.3, 0.4) is 0 Å². The van der Waals surface area contributed by atoms with E-state index in [1.54, 1.807) is 20.8 Å². The van der Waals surface area contributed by atoms with Crippen LogP contribution in [0, 0.1) is 0 Å². The van der Waals surface area contributed by atoms with Crippen molar-refractivity contribution in [2.24, 2.45) is 0 Å². The van der Waals surface area contributed by atoms with Crippen LogP contribution in [-0.2, 0) is 13.8 Å². The van der Waals surface area contributed by atoms with Crippen molar-refractivity contribution in [3.05, 3.63) is 0 Å². The summed E-state index contributed by atoms with van der Waals surface area (Å²) < 4.78 is 23.0. The Balaban J connectivity index is 2.87. The van der Waals surface area contributed by atoms with Crippen molar-refractivity contribution >= 4 is 15.4 Å². The van der Waals surface area contributed by atoms with E-state index >= 15 is 0 Å². The number of hydrogen-bond acceptors (Lipinski definition) is 6. The fourth-order valence-corrected chi connectivity index (χ4v) is 3.61. The van der Waals surface area contributed by atoms with Crippen molar-refractivity contribution in [3.8, 4) is 0 Å². The van der Waals surface area contributed by atoms with Gasteiger partial charge in [0.15, 0.2) is 5.34 Å². The summed E-state index contributed by atoms with van der Waals surface area (Å²) >= 11 is 0. The molecule has 1 aliphatic rings. The molecule has 2 radical (unpaired) electrons. The first-order chi connectivity index (χ1) is 9.89. The van der Waals surface area contributed by atoms with Gasteiger partial charge >= 0.3 is 7.60 Å². The Bertz CT molecular complexity index is 433. The summed E-state index contributed by atoms with van der Waals surface area (Å²) in [4.78, 5) is 10.1. The highest BCUT2D eigenvalue weighted by molar-refractivity contribution is 7.54. The molecule has 4 N–H and O–H groups in total. The number of aliphatic hydroxyl groups excluding tert-OH is 2. The molecule has 1 aliphatic heterocycles. The van der Waals surface area contributed by atoms with E-state index in [9.17, 15) is 24.8 Å². The minimum Gasteiger partial charge on any atom is -0.388 e. The molecule has 0 spiro atoms. The molecule has 0 saturated carbocycles. The van der Waals surface area contributed by atoms with Crippen LogP contribution in [0.15, 0.2) is 0 Å². The van der Waals surface area contributed by atoms with Crippen LogP contribution < -0.4 is 0 Å². The van der Waals surface area contributed by atoms with Crippen LogP contribution in [0.4, 0.5) is 0 Å². The number of rotatable bonds is 7. The van der Waals surface area contributed by atoms with Gasteiger partial charge in [-0.2, -0.15) is 0 Å². The van der Waals surface area contributed by atoms with Crippen molar-refractivity contribution < 1.29 is 34.0 Å². The van der Waals surface area contributed by atoms with E-state index in [1.807, 2.05) is 0 Å². The highest BCUT2D eigenvalue weighted by Gasteiger charge is 2.49. The van der Waals surface area contributed by atoms with Crippen LogP contribution in [0.5, 0.6) is 0 Å². The largest absolute Gasteiger partial charge is 0.388 e. The van der Waals surface area contributed by atoms with Gasteiger partial charge in [-0.15, -0.1) is 0 Å². The van der Waals surface area contributed by atoms with Gasteiger partial charge in [0.2, 0.25) is 0 Å². The fraction of sp³-hybridized carbons (Fsp3) is 1.00. The summed E-state index contributed by atoms with van der Waals surface area (Å²) in [5.41, 5.74) is -1.13. The van der Waals surface area contributed by atoms with Crippen molar-refractivity contribution in [2.45, 2.75) is 82.2 Å². The Morgan fingerprint density at radius 2 is 1.77 bits per heavy atom. The first kappa shape index (κ1) is 20.1. The summed E-state index contributed by atoms with van der Waals surface area (Å²) in [7, 11) is 1.20. The molecule has 0 aromatic rings. The minimum absolute atomic E-state index is 0.0483. The molecule has 0 aliphatic carbocycles. The summed E-state index contributed by atoms with van der Waals surface area (Å²) in [5.74, 6) is 0. The molecule has 4 unspecified atom stereocenters. The van der Waals surface area contributed by atoms with Gasteiger partial charge < -0.3 is 29.5 Å². The van der Waals surface area contributed by atoms with E-state index in [0.29, 0.717) is 6.42 Å². The van der Waals surface area contributed by atoms with Crippen molar-refractivity contribution in [1.29, 1.82) is 0 Å². The highest BCUT2D eigenvalue weighted by atomic mass is 31.2. The maximum Gasteiger partial charge on any atom is 0.359 e. The number of aliphatic hydroxyl groups is 3. The summed E-state index contributed by atoms with van der Waals surface area (Å²) in [5, 5.41) is 27.7. The zero-order valence-electron chi connectivity index (χ0n) is 13.5. The third-order valence-electron chi connectivity index (χ3n) is 4.40. The van der Waals surface area contributed by atoms with Gasteiger partial charge in [-0.25, -0.2) is 0 Å². The maximum absolute atomic E-state index is 12.3. The highest BCUT2D eigenvalue weighted by Crippen LogP contribution is 2.59. The average molecular weight is 336 g/mol. The predicted molar refractivity (Wildman–Crippen MR) is 81.6 cm³/mol. The van der Waals surface area contributed by atoms with Crippen LogP contribution in [-0.4, -0.2) is 63.3 Å². The monoisotopic (exact) mass is 336 g/mol. The Morgan fingerprint density at radius 1 is 1.23 bits per heavy atom. The van der Waals surface area contributed by atoms with E-state index in [4.69, 9.17) is 17.1 Å². The van der Waals surface area contributed by atoms with E-state index in [2.05, 4.69) is 0 Å². The number of ether oxygens (including phenoxy) is 1. The first-order valence-corrected chi connectivity index (χ1v) is 9.00. The van der Waals surface area contributed by atoms with Gasteiger partial charge in [-0.1, -0.05) is 13.8 Å². The molecule has 0 aromatic heterocycles. The van der Waals surface area contributed by atoms with Crippen molar-refractivity contribution in [2.75, 3.05) is 0 Å². The Hall–Kier alpha value is 0.0549. The summed E-state index contributed by atoms with van der Waals surface area (Å²) in [6, 6.07) is -1.01. The summed E-state index contributed by atoms with van der Waals surface area (Å²) in [6.07, 6.45) is -2.79. The SMILES string of the molecule is [B][C@@H]1O[C@H](CC(C)(CC)OP(=O)(O)C(C)(O)CC)C(O)[C@@H]1O. The van der Waals surface area contributed by atoms with E-state index < -0.39 is 42.9 Å². The zero-order chi connectivity index (χ0) is 17.3. The second-order valence-electron chi connectivity index (χ2n) is 6.31. The molecule has 1 rings (SSSR count). The van der Waals surface area contributed by atoms with Gasteiger partial charge in [-0.05, 0) is 26.7 Å². The van der Waals surface area contributed by atoms with Gasteiger partial charge in [-0.3, -0.25) is 4.57 Å². The molecule has 128 valence electrons. The van der Waals surface area contributed by atoms with Gasteiger partial charge in [0, 0.05) is 12.4 Å². The molecule has 9 heteroatoms. The fourth-order valence-electron chi connectivity index (χ4n) is 2.21. The average Bonchev–Trinajstić information content (AvgIpc) is 2.65. The molecular formula is C13H26BO7P. The summed E-state index contributed by atoms with van der Waals surface area (Å²) in [6.45, 7) is 6.16. The lowest BCUT2D eigenvalue weighted by Gasteiger charge is -2.37. The second kappa shape index (κ2) is 6.89. The Kier molecular flexibility index (Phi) is 6.30. The molecule has 0 amide bonds. The molecule has 1 fully saturated rings. The molecule has 1 saturated heterocycles. The molecule has 22 heavy (non-hydrogen) atoms. The third kappa shape index (κ3) is 4.12. The third-order valence-corrected chi connectivity index (χ3v) is 6.62. The Morgan fingerprint density at radius 3 is 2.14 bits per heavy atom. The van der Waals surface area contributed by atoms with Crippen molar-refractivity contribution in [3.63, 3.8) is 0 Å². The molecule has 7 nitrogen and oxygen atoms in total. The maximum atomic E-state index is 12.3. The molecule has 0 aromatic carbocycles. The van der Waals surface area contributed by atoms with E-state index in [0.717, 1.165) is 0 Å². The molecule has 0 bridgehead atoms. The zero-order valence-corrected chi connectivity index (χ0v) is 14.4. The van der Waals surface area contributed by atoms with Gasteiger partial charge in [0.1, 0.15) is 14.0 Å². The van der Waals surface area contributed by atoms with Crippen LogP contribution in [0.25, 0.3) is 0 Å². The van der Waals surface area contributed by atoms with E-state index in [-0.39, 0.29) is 12.8 Å². The standard InChI is InChI=1S/C13H26BO7P/c1-5-12(3,21-22(18,19)13(4,17)6-2)7-8-9(15)10(16)11(14)20-8/h8-11,15-17H,5-7H2,1-4H3,(H,18,19)/t8-,9?,10+,11-,12?,13?/m1/s1. The van der Waals surface area contributed by atoms with Crippen LogP contribution in [0.2, 0.25) is 0 Å². The van der Waals surface area contributed by atoms with Crippen LogP contribution >= 0.6 is 7.60 Å². The first-order valence-electron chi connectivity index (χ1n) is 7.42. The van der Waals surface area contributed by atoms with Crippen LogP contribution in [0.1, 0.15) is 47.0 Å². The lowest BCUT2D eigenvalue weighted by molar-refractivity contribution is -0.0444. The lowest BCUT2D eigenvalue weighted by atomic mass is 9.90. The normalized spacial score (nSPS) is 37.3. The van der Waals surface area contributed by atoms with E-state index in [1.165, 1.54) is 6.92 Å². The minimum atomic E-state index is -4.32.